The third-order valence-electron chi connectivity index (χ3n) is 2.96. The van der Waals surface area contributed by atoms with Crippen LogP contribution in [-0.2, 0) is 0 Å². The first-order chi connectivity index (χ1) is 7.75. The van der Waals surface area contributed by atoms with E-state index in [9.17, 15) is 0 Å². The average Bonchev–Trinajstić information content (AvgIpc) is 2.95. The summed E-state index contributed by atoms with van der Waals surface area (Å²) in [6.07, 6.45) is 6.24. The zero-order valence-corrected chi connectivity index (χ0v) is 9.64. The van der Waals surface area contributed by atoms with Crippen molar-refractivity contribution in [2.24, 2.45) is 0 Å². The van der Waals surface area contributed by atoms with Gasteiger partial charge in [-0.1, -0.05) is 0 Å². The summed E-state index contributed by atoms with van der Waals surface area (Å²) in [4.78, 5) is 8.84. The lowest BCUT2D eigenvalue weighted by Gasteiger charge is -2.11. The van der Waals surface area contributed by atoms with Crippen molar-refractivity contribution in [3.8, 4) is 0 Å². The predicted octanol–water partition coefficient (Wildman–Crippen LogP) is 2.59. The minimum atomic E-state index is 0.411. The fourth-order valence-corrected chi connectivity index (χ4v) is 1.90. The van der Waals surface area contributed by atoms with Gasteiger partial charge in [0.25, 0.3) is 0 Å². The number of hydrogen-bond donors (Lipinski definition) is 1. The number of nitrogens with zero attached hydrogens (tertiary/aromatic N) is 3. The zero-order chi connectivity index (χ0) is 11.1. The van der Waals surface area contributed by atoms with Gasteiger partial charge in [-0.15, -0.1) is 0 Å². The molecule has 2 heterocycles. The number of pyridine rings is 1. The molecule has 3 rings (SSSR count). The first-order valence-corrected chi connectivity index (χ1v) is 5.84. The Labute approximate surface area is 94.7 Å². The van der Waals surface area contributed by atoms with E-state index < -0.39 is 0 Å². The van der Waals surface area contributed by atoms with Gasteiger partial charge >= 0.3 is 0 Å². The van der Waals surface area contributed by atoms with Crippen molar-refractivity contribution >= 4 is 16.9 Å². The third-order valence-corrected chi connectivity index (χ3v) is 2.96. The van der Waals surface area contributed by atoms with Crippen LogP contribution in [0.1, 0.15) is 32.7 Å². The molecular formula is C12H16N4. The Kier molecular flexibility index (Phi) is 2.09. The molecule has 0 amide bonds. The number of nitrogens with one attached hydrogen (secondary N) is 1. The topological polar surface area (TPSA) is 42.7 Å². The molecule has 2 aromatic heterocycles. The van der Waals surface area contributed by atoms with Gasteiger partial charge in [0.2, 0.25) is 0 Å². The van der Waals surface area contributed by atoms with Crippen LogP contribution >= 0.6 is 0 Å². The summed E-state index contributed by atoms with van der Waals surface area (Å²) < 4.78 is 2.17. The fourth-order valence-electron chi connectivity index (χ4n) is 1.90. The lowest BCUT2D eigenvalue weighted by molar-refractivity contribution is 0.617. The van der Waals surface area contributed by atoms with E-state index in [-0.39, 0.29) is 0 Å². The van der Waals surface area contributed by atoms with Gasteiger partial charge in [-0.05, 0) is 32.8 Å². The highest BCUT2D eigenvalue weighted by molar-refractivity contribution is 5.86. The van der Waals surface area contributed by atoms with E-state index >= 15 is 0 Å². The van der Waals surface area contributed by atoms with E-state index in [1.165, 1.54) is 12.8 Å². The quantitative estimate of drug-likeness (QED) is 0.857. The van der Waals surface area contributed by atoms with Gasteiger partial charge in [-0.25, -0.2) is 9.97 Å². The van der Waals surface area contributed by atoms with Crippen molar-refractivity contribution in [2.75, 3.05) is 5.32 Å². The van der Waals surface area contributed by atoms with E-state index in [1.807, 2.05) is 18.6 Å². The third kappa shape index (κ3) is 1.54. The molecule has 1 N–H and O–H groups in total. The fraction of sp³-hybridized carbons (Fsp3) is 0.500. The number of aromatic nitrogens is 3. The maximum atomic E-state index is 4.43. The maximum absolute atomic E-state index is 4.43. The van der Waals surface area contributed by atoms with E-state index in [0.29, 0.717) is 12.1 Å². The Morgan fingerprint density at radius 3 is 2.88 bits per heavy atom. The number of rotatable bonds is 3. The summed E-state index contributed by atoms with van der Waals surface area (Å²) in [6.45, 7) is 4.32. The first kappa shape index (κ1) is 9.63. The zero-order valence-electron chi connectivity index (χ0n) is 9.64. The monoisotopic (exact) mass is 216 g/mol. The van der Waals surface area contributed by atoms with Gasteiger partial charge in [0.15, 0.2) is 5.82 Å². The molecule has 0 radical (unpaired) electrons. The molecule has 0 spiro atoms. The summed E-state index contributed by atoms with van der Waals surface area (Å²) in [6, 6.07) is 2.99. The predicted molar refractivity (Wildman–Crippen MR) is 64.6 cm³/mol. The molecule has 0 saturated heterocycles. The molecule has 4 nitrogen and oxygen atoms in total. The molecule has 1 saturated carbocycles. The Balaban J connectivity index is 2.13. The van der Waals surface area contributed by atoms with Gasteiger partial charge in [-0.2, -0.15) is 0 Å². The highest BCUT2D eigenvalue weighted by atomic mass is 15.1. The molecule has 4 heteroatoms. The smallest absolute Gasteiger partial charge is 0.152 e. The molecule has 1 aliphatic rings. The molecule has 16 heavy (non-hydrogen) atoms. The molecule has 1 fully saturated rings. The molecule has 0 bridgehead atoms. The number of fused-ring (bicyclic) bond motifs is 1. The highest BCUT2D eigenvalue weighted by Gasteiger charge is 2.23. The molecule has 0 aromatic carbocycles. The van der Waals surface area contributed by atoms with Crippen molar-refractivity contribution in [1.82, 2.24) is 14.5 Å². The van der Waals surface area contributed by atoms with Crippen LogP contribution in [0, 0.1) is 0 Å². The largest absolute Gasteiger partial charge is 0.366 e. The molecule has 84 valence electrons. The van der Waals surface area contributed by atoms with Gasteiger partial charge in [0, 0.05) is 18.3 Å². The van der Waals surface area contributed by atoms with E-state index in [1.54, 1.807) is 0 Å². The normalized spacial score (nSPS) is 15.9. The molecular weight excluding hydrogens is 200 g/mol. The molecule has 0 aliphatic heterocycles. The van der Waals surface area contributed by atoms with Crippen LogP contribution in [-0.4, -0.2) is 20.6 Å². The van der Waals surface area contributed by atoms with Crippen LogP contribution in [0.5, 0.6) is 0 Å². The van der Waals surface area contributed by atoms with Gasteiger partial charge in [0.1, 0.15) is 5.52 Å². The molecule has 1 aliphatic carbocycles. The number of hydrogen-bond acceptors (Lipinski definition) is 3. The lowest BCUT2D eigenvalue weighted by atomic mass is 10.3. The summed E-state index contributed by atoms with van der Waals surface area (Å²) in [5, 5.41) is 3.47. The molecule has 0 atom stereocenters. The minimum Gasteiger partial charge on any atom is -0.366 e. The van der Waals surface area contributed by atoms with Crippen LogP contribution in [0.15, 0.2) is 18.6 Å². The van der Waals surface area contributed by atoms with Crippen molar-refractivity contribution in [3.05, 3.63) is 18.6 Å². The molecule has 0 unspecified atom stereocenters. The van der Waals surface area contributed by atoms with Gasteiger partial charge < -0.3 is 9.88 Å². The highest BCUT2D eigenvalue weighted by Crippen LogP contribution is 2.29. The Morgan fingerprint density at radius 1 is 1.38 bits per heavy atom. The summed E-state index contributed by atoms with van der Waals surface area (Å²) in [5.41, 5.74) is 2.15. The van der Waals surface area contributed by atoms with Crippen LogP contribution in [0.3, 0.4) is 0 Å². The number of anilines is 1. The van der Waals surface area contributed by atoms with Crippen molar-refractivity contribution in [1.29, 1.82) is 0 Å². The second-order valence-electron chi connectivity index (χ2n) is 4.69. The van der Waals surface area contributed by atoms with Gasteiger partial charge in [0.05, 0.1) is 11.8 Å². The maximum Gasteiger partial charge on any atom is 0.152 e. The van der Waals surface area contributed by atoms with E-state index in [4.69, 9.17) is 0 Å². The van der Waals surface area contributed by atoms with Crippen LogP contribution in [0.4, 0.5) is 5.82 Å². The second kappa shape index (κ2) is 3.47. The van der Waals surface area contributed by atoms with Crippen molar-refractivity contribution in [2.45, 2.75) is 38.8 Å². The SMILES string of the molecule is CC(C)n1cnc2ccnc(NC3CC3)c21. The second-order valence-corrected chi connectivity index (χ2v) is 4.69. The summed E-state index contributed by atoms with van der Waals surface area (Å²) in [7, 11) is 0. The number of imidazole rings is 1. The van der Waals surface area contributed by atoms with Crippen molar-refractivity contribution in [3.63, 3.8) is 0 Å². The summed E-state index contributed by atoms with van der Waals surface area (Å²) in [5.74, 6) is 0.978. The average molecular weight is 216 g/mol. The summed E-state index contributed by atoms with van der Waals surface area (Å²) >= 11 is 0. The van der Waals surface area contributed by atoms with Crippen LogP contribution in [0.2, 0.25) is 0 Å². The van der Waals surface area contributed by atoms with Gasteiger partial charge in [-0.3, -0.25) is 0 Å². The van der Waals surface area contributed by atoms with Crippen LogP contribution in [0.25, 0.3) is 11.0 Å². The van der Waals surface area contributed by atoms with Crippen molar-refractivity contribution < 1.29 is 0 Å². The van der Waals surface area contributed by atoms with E-state index in [2.05, 4.69) is 33.7 Å². The standard InChI is InChI=1S/C12H16N4/c1-8(2)16-7-14-10-5-6-13-12(11(10)16)15-9-3-4-9/h5-9H,3-4H2,1-2H3,(H,13,15). The Hall–Kier alpha value is -1.58. The Bertz CT molecular complexity index is 511. The molecule has 2 aromatic rings. The lowest BCUT2D eigenvalue weighted by Crippen LogP contribution is -2.07. The first-order valence-electron chi connectivity index (χ1n) is 5.84. The van der Waals surface area contributed by atoms with Crippen LogP contribution < -0.4 is 5.32 Å². The Morgan fingerprint density at radius 2 is 2.19 bits per heavy atom. The minimum absolute atomic E-state index is 0.411. The van der Waals surface area contributed by atoms with E-state index in [0.717, 1.165) is 16.9 Å².